The lowest BCUT2D eigenvalue weighted by atomic mass is 10.0. The zero-order valence-corrected chi connectivity index (χ0v) is 17.4. The van der Waals surface area contributed by atoms with Gasteiger partial charge in [-0.15, -0.1) is 0 Å². The Balaban J connectivity index is 1.61. The third-order valence-corrected chi connectivity index (χ3v) is 5.41. The number of hydrogen-bond acceptors (Lipinski definition) is 4. The standard InChI is InChI=1S/C23H29N3O3/c1-4-17-7-6-8-18(5-2)21(17)25-13-15-26(16-14-25)23(28)24-20-11-9-19(10-12-20)22(27)29-3/h6-12H,4-5,13-16H2,1-3H3,(H,24,28). The van der Waals surface area contributed by atoms with E-state index in [9.17, 15) is 9.59 Å². The molecule has 0 radical (unpaired) electrons. The summed E-state index contributed by atoms with van der Waals surface area (Å²) in [6.07, 6.45) is 2.01. The van der Waals surface area contributed by atoms with Crippen LogP contribution in [0.15, 0.2) is 42.5 Å². The van der Waals surface area contributed by atoms with Crippen LogP contribution >= 0.6 is 0 Å². The van der Waals surface area contributed by atoms with Crippen molar-refractivity contribution in [2.24, 2.45) is 0 Å². The fraction of sp³-hybridized carbons (Fsp3) is 0.391. The van der Waals surface area contributed by atoms with Crippen molar-refractivity contribution >= 4 is 23.4 Å². The van der Waals surface area contributed by atoms with Crippen LogP contribution in [0.4, 0.5) is 16.2 Å². The van der Waals surface area contributed by atoms with Gasteiger partial charge in [0.1, 0.15) is 0 Å². The minimum absolute atomic E-state index is 0.116. The van der Waals surface area contributed by atoms with E-state index < -0.39 is 5.97 Å². The van der Waals surface area contributed by atoms with Gasteiger partial charge < -0.3 is 19.9 Å². The first-order valence-electron chi connectivity index (χ1n) is 10.2. The number of aryl methyl sites for hydroxylation is 2. The van der Waals surface area contributed by atoms with Crippen molar-refractivity contribution in [3.05, 3.63) is 59.2 Å². The van der Waals surface area contributed by atoms with Gasteiger partial charge in [0.2, 0.25) is 0 Å². The number of piperazine rings is 1. The first-order chi connectivity index (χ1) is 14.1. The minimum Gasteiger partial charge on any atom is -0.465 e. The van der Waals surface area contributed by atoms with Crippen molar-refractivity contribution in [2.45, 2.75) is 26.7 Å². The molecule has 154 valence electrons. The molecule has 2 amide bonds. The number of nitrogens with zero attached hydrogens (tertiary/aromatic N) is 2. The summed E-state index contributed by atoms with van der Waals surface area (Å²) in [6, 6.07) is 13.1. The molecule has 0 aromatic heterocycles. The quantitative estimate of drug-likeness (QED) is 0.779. The number of rotatable bonds is 5. The molecule has 1 aliphatic heterocycles. The number of carbonyl (C=O) groups excluding carboxylic acids is 2. The highest BCUT2D eigenvalue weighted by atomic mass is 16.5. The molecule has 29 heavy (non-hydrogen) atoms. The number of anilines is 2. The van der Waals surface area contributed by atoms with Crippen LogP contribution in [0.3, 0.4) is 0 Å². The van der Waals surface area contributed by atoms with E-state index in [1.807, 2.05) is 4.90 Å². The van der Waals surface area contributed by atoms with Gasteiger partial charge in [-0.05, 0) is 48.2 Å². The second-order valence-electron chi connectivity index (χ2n) is 7.11. The van der Waals surface area contributed by atoms with E-state index in [1.165, 1.54) is 23.9 Å². The molecule has 1 saturated heterocycles. The van der Waals surface area contributed by atoms with Gasteiger partial charge in [0.15, 0.2) is 0 Å². The molecule has 0 atom stereocenters. The maximum Gasteiger partial charge on any atom is 0.337 e. The highest BCUT2D eigenvalue weighted by Crippen LogP contribution is 2.28. The number of amides is 2. The van der Waals surface area contributed by atoms with E-state index in [1.54, 1.807) is 24.3 Å². The molecule has 3 rings (SSSR count). The van der Waals surface area contributed by atoms with Crippen LogP contribution in [0.25, 0.3) is 0 Å². The topological polar surface area (TPSA) is 61.9 Å². The molecule has 1 fully saturated rings. The molecule has 2 aromatic rings. The van der Waals surface area contributed by atoms with Gasteiger partial charge in [0.25, 0.3) is 0 Å². The molecular weight excluding hydrogens is 366 g/mol. The number of para-hydroxylation sites is 1. The molecule has 0 spiro atoms. The second kappa shape index (κ2) is 9.45. The molecule has 0 bridgehead atoms. The SMILES string of the molecule is CCc1cccc(CC)c1N1CCN(C(=O)Nc2ccc(C(=O)OC)cc2)CC1. The predicted octanol–water partition coefficient (Wildman–Crippen LogP) is 3.95. The van der Waals surface area contributed by atoms with Crippen LogP contribution in [0.5, 0.6) is 0 Å². The van der Waals surface area contributed by atoms with Crippen molar-refractivity contribution in [1.29, 1.82) is 0 Å². The zero-order valence-electron chi connectivity index (χ0n) is 17.4. The molecule has 0 unspecified atom stereocenters. The van der Waals surface area contributed by atoms with Crippen molar-refractivity contribution in [3.8, 4) is 0 Å². The summed E-state index contributed by atoms with van der Waals surface area (Å²) in [6.45, 7) is 7.36. The van der Waals surface area contributed by atoms with Crippen molar-refractivity contribution < 1.29 is 14.3 Å². The van der Waals surface area contributed by atoms with Crippen LogP contribution in [0.1, 0.15) is 35.3 Å². The lowest BCUT2D eigenvalue weighted by molar-refractivity contribution is 0.0600. The number of urea groups is 1. The van der Waals surface area contributed by atoms with Crippen LogP contribution in [-0.4, -0.2) is 50.2 Å². The largest absolute Gasteiger partial charge is 0.465 e. The molecule has 6 nitrogen and oxygen atoms in total. The fourth-order valence-electron chi connectivity index (χ4n) is 3.76. The summed E-state index contributed by atoms with van der Waals surface area (Å²) in [7, 11) is 1.35. The Hall–Kier alpha value is -3.02. The molecule has 6 heteroatoms. The van der Waals surface area contributed by atoms with Gasteiger partial charge in [-0.25, -0.2) is 9.59 Å². The average Bonchev–Trinajstić information content (AvgIpc) is 2.78. The van der Waals surface area contributed by atoms with Gasteiger partial charge >= 0.3 is 12.0 Å². The number of nitrogens with one attached hydrogen (secondary N) is 1. The van der Waals surface area contributed by atoms with Crippen molar-refractivity contribution in [1.82, 2.24) is 4.90 Å². The van der Waals surface area contributed by atoms with E-state index in [2.05, 4.69) is 42.3 Å². The zero-order chi connectivity index (χ0) is 20.8. The number of hydrogen-bond donors (Lipinski definition) is 1. The molecule has 0 saturated carbocycles. The van der Waals surface area contributed by atoms with E-state index in [0.29, 0.717) is 24.3 Å². The van der Waals surface area contributed by atoms with E-state index >= 15 is 0 Å². The smallest absolute Gasteiger partial charge is 0.337 e. The van der Waals surface area contributed by atoms with Crippen molar-refractivity contribution in [3.63, 3.8) is 0 Å². The van der Waals surface area contributed by atoms with Gasteiger partial charge in [-0.1, -0.05) is 32.0 Å². The van der Waals surface area contributed by atoms with Crippen LogP contribution in [0, 0.1) is 0 Å². The maximum atomic E-state index is 12.6. The Kier molecular flexibility index (Phi) is 6.75. The number of esters is 1. The van der Waals surface area contributed by atoms with Crippen LogP contribution in [-0.2, 0) is 17.6 Å². The number of ether oxygens (including phenoxy) is 1. The molecular formula is C23H29N3O3. The maximum absolute atomic E-state index is 12.6. The lowest BCUT2D eigenvalue weighted by Gasteiger charge is -2.38. The molecule has 1 heterocycles. The summed E-state index contributed by atoms with van der Waals surface area (Å²) in [4.78, 5) is 28.4. The third kappa shape index (κ3) is 4.70. The minimum atomic E-state index is -0.391. The monoisotopic (exact) mass is 395 g/mol. The summed E-state index contributed by atoms with van der Waals surface area (Å²) in [5.74, 6) is -0.391. The van der Waals surface area contributed by atoms with Crippen molar-refractivity contribution in [2.75, 3.05) is 43.5 Å². The van der Waals surface area contributed by atoms with Gasteiger partial charge in [-0.2, -0.15) is 0 Å². The molecule has 2 aromatic carbocycles. The molecule has 1 aliphatic rings. The number of carbonyl (C=O) groups is 2. The first-order valence-corrected chi connectivity index (χ1v) is 10.2. The summed E-state index contributed by atoms with van der Waals surface area (Å²) in [5.41, 5.74) is 5.20. The van der Waals surface area contributed by atoms with Crippen LogP contribution in [0.2, 0.25) is 0 Å². The molecule has 0 aliphatic carbocycles. The Morgan fingerprint density at radius 2 is 1.52 bits per heavy atom. The predicted molar refractivity (Wildman–Crippen MR) is 116 cm³/mol. The first kappa shape index (κ1) is 20.7. The van der Waals surface area contributed by atoms with Crippen LogP contribution < -0.4 is 10.2 Å². The second-order valence-corrected chi connectivity index (χ2v) is 7.11. The fourth-order valence-corrected chi connectivity index (χ4v) is 3.76. The Morgan fingerprint density at radius 3 is 2.03 bits per heavy atom. The summed E-state index contributed by atoms with van der Waals surface area (Å²) in [5, 5.41) is 2.91. The normalized spacial score (nSPS) is 13.9. The van der Waals surface area contributed by atoms with E-state index in [4.69, 9.17) is 4.74 Å². The Bertz CT molecular complexity index is 834. The lowest BCUT2D eigenvalue weighted by Crippen LogP contribution is -2.50. The highest BCUT2D eigenvalue weighted by Gasteiger charge is 2.23. The summed E-state index contributed by atoms with van der Waals surface area (Å²) >= 11 is 0. The average molecular weight is 396 g/mol. The number of methoxy groups -OCH3 is 1. The van der Waals surface area contributed by atoms with E-state index in [0.717, 1.165) is 25.9 Å². The van der Waals surface area contributed by atoms with E-state index in [-0.39, 0.29) is 6.03 Å². The molecule has 1 N–H and O–H groups in total. The van der Waals surface area contributed by atoms with Gasteiger partial charge in [0.05, 0.1) is 12.7 Å². The summed E-state index contributed by atoms with van der Waals surface area (Å²) < 4.78 is 4.69. The van der Waals surface area contributed by atoms with Gasteiger partial charge in [0, 0.05) is 37.6 Å². The highest BCUT2D eigenvalue weighted by molar-refractivity contribution is 5.92. The van der Waals surface area contributed by atoms with Gasteiger partial charge in [-0.3, -0.25) is 0 Å². The Labute approximate surface area is 172 Å². The third-order valence-electron chi connectivity index (χ3n) is 5.41. The number of benzene rings is 2. The Morgan fingerprint density at radius 1 is 0.931 bits per heavy atom.